The topological polar surface area (TPSA) is 23.2 Å². The number of ether oxygens (including phenoxy) is 1. The fraction of sp³-hybridized carbons (Fsp3) is 0.417. The summed E-state index contributed by atoms with van der Waals surface area (Å²) in [5, 5.41) is 0. The second-order valence-corrected chi connectivity index (χ2v) is 3.88. The lowest BCUT2D eigenvalue weighted by Crippen LogP contribution is -2.79. The molecular formula is C12H16NO+. The Morgan fingerprint density at radius 2 is 1.93 bits per heavy atom. The maximum atomic E-state index is 5.79. The standard InChI is InChI=1S/C12H15NO/c1-9-8-13-12(14-10(9)2)11-6-4-3-5-7-11/h3-7,9-10H,8H2,1-2H3/p+1/t9-,10+/m1/s1. The zero-order chi connectivity index (χ0) is 9.97. The van der Waals surface area contributed by atoms with Crippen molar-refractivity contribution in [3.05, 3.63) is 35.9 Å². The average Bonchev–Trinajstić information content (AvgIpc) is 2.23. The second-order valence-electron chi connectivity index (χ2n) is 3.88. The summed E-state index contributed by atoms with van der Waals surface area (Å²) in [7, 11) is 0. The summed E-state index contributed by atoms with van der Waals surface area (Å²) in [4.78, 5) is 3.31. The van der Waals surface area contributed by atoms with Gasteiger partial charge in [0.25, 0.3) is 0 Å². The van der Waals surface area contributed by atoms with Gasteiger partial charge in [0.15, 0.2) is 6.54 Å². The molecule has 2 nitrogen and oxygen atoms in total. The van der Waals surface area contributed by atoms with Crippen molar-refractivity contribution in [1.82, 2.24) is 0 Å². The molecule has 2 heteroatoms. The Hall–Kier alpha value is -1.31. The first-order chi connectivity index (χ1) is 6.77. The van der Waals surface area contributed by atoms with Crippen molar-refractivity contribution in [3.63, 3.8) is 0 Å². The van der Waals surface area contributed by atoms with Crippen molar-refractivity contribution in [2.75, 3.05) is 6.54 Å². The van der Waals surface area contributed by atoms with Crippen LogP contribution in [0.1, 0.15) is 19.4 Å². The molecule has 1 aromatic rings. The van der Waals surface area contributed by atoms with Crippen LogP contribution in [-0.4, -0.2) is 18.5 Å². The van der Waals surface area contributed by atoms with Crippen molar-refractivity contribution in [1.29, 1.82) is 0 Å². The van der Waals surface area contributed by atoms with Gasteiger partial charge in [0.2, 0.25) is 0 Å². The Balaban J connectivity index is 2.21. The highest BCUT2D eigenvalue weighted by molar-refractivity contribution is 5.89. The summed E-state index contributed by atoms with van der Waals surface area (Å²) in [5.41, 5.74) is 1.13. The van der Waals surface area contributed by atoms with E-state index in [1.807, 2.05) is 18.2 Å². The molecule has 14 heavy (non-hydrogen) atoms. The van der Waals surface area contributed by atoms with Crippen LogP contribution in [0.3, 0.4) is 0 Å². The van der Waals surface area contributed by atoms with Gasteiger partial charge in [-0.1, -0.05) is 25.1 Å². The first-order valence-electron chi connectivity index (χ1n) is 5.10. The van der Waals surface area contributed by atoms with Crippen LogP contribution in [-0.2, 0) is 4.74 Å². The van der Waals surface area contributed by atoms with Gasteiger partial charge in [-0.05, 0) is 19.1 Å². The molecule has 0 saturated carbocycles. The third-order valence-electron chi connectivity index (χ3n) is 2.73. The number of hydrogen-bond donors (Lipinski definition) is 1. The molecule has 0 aromatic heterocycles. The van der Waals surface area contributed by atoms with Crippen molar-refractivity contribution in [2.24, 2.45) is 5.92 Å². The number of nitrogens with one attached hydrogen (secondary N) is 1. The maximum Gasteiger partial charge on any atom is 0.368 e. The summed E-state index contributed by atoms with van der Waals surface area (Å²) in [6.45, 7) is 5.30. The molecular weight excluding hydrogens is 174 g/mol. The van der Waals surface area contributed by atoms with E-state index < -0.39 is 0 Å². The molecule has 0 saturated heterocycles. The molecule has 0 bridgehead atoms. The predicted molar refractivity (Wildman–Crippen MR) is 56.1 cm³/mol. The summed E-state index contributed by atoms with van der Waals surface area (Å²) in [6.07, 6.45) is 0.298. The minimum Gasteiger partial charge on any atom is -0.441 e. The van der Waals surface area contributed by atoms with Gasteiger partial charge in [0.05, 0.1) is 11.5 Å². The molecule has 0 amide bonds. The highest BCUT2D eigenvalue weighted by Gasteiger charge is 2.26. The van der Waals surface area contributed by atoms with Gasteiger partial charge in [-0.25, -0.2) is 4.99 Å². The third kappa shape index (κ3) is 1.79. The van der Waals surface area contributed by atoms with Crippen molar-refractivity contribution < 1.29 is 9.73 Å². The van der Waals surface area contributed by atoms with Crippen LogP contribution in [0, 0.1) is 5.92 Å². The minimum atomic E-state index is 0.298. The molecule has 0 radical (unpaired) electrons. The molecule has 2 rings (SSSR count). The monoisotopic (exact) mass is 190 g/mol. The highest BCUT2D eigenvalue weighted by atomic mass is 16.5. The van der Waals surface area contributed by atoms with E-state index in [2.05, 4.69) is 31.0 Å². The molecule has 0 spiro atoms. The molecule has 0 unspecified atom stereocenters. The average molecular weight is 190 g/mol. The number of hydrogen-bond acceptors (Lipinski definition) is 1. The Morgan fingerprint density at radius 3 is 2.57 bits per heavy atom. The Kier molecular flexibility index (Phi) is 2.53. The van der Waals surface area contributed by atoms with Crippen LogP contribution in [0.2, 0.25) is 0 Å². The van der Waals surface area contributed by atoms with E-state index in [1.54, 1.807) is 0 Å². The first-order valence-corrected chi connectivity index (χ1v) is 5.10. The van der Waals surface area contributed by atoms with Crippen LogP contribution in [0.25, 0.3) is 0 Å². The molecule has 1 aliphatic rings. The molecule has 2 atom stereocenters. The quantitative estimate of drug-likeness (QED) is 0.687. The summed E-state index contributed by atoms with van der Waals surface area (Å²) >= 11 is 0. The lowest BCUT2D eigenvalue weighted by Gasteiger charge is -2.21. The van der Waals surface area contributed by atoms with E-state index in [4.69, 9.17) is 4.74 Å². The van der Waals surface area contributed by atoms with E-state index in [9.17, 15) is 0 Å². The fourth-order valence-corrected chi connectivity index (χ4v) is 1.52. The second kappa shape index (κ2) is 3.82. The summed E-state index contributed by atoms with van der Waals surface area (Å²) in [6, 6.07) is 10.2. The van der Waals surface area contributed by atoms with E-state index in [-0.39, 0.29) is 0 Å². The van der Waals surface area contributed by atoms with Gasteiger partial charge in [-0.3, -0.25) is 0 Å². The lowest BCUT2D eigenvalue weighted by atomic mass is 10.1. The van der Waals surface area contributed by atoms with E-state index in [0.29, 0.717) is 12.0 Å². The normalized spacial score (nSPS) is 26.6. The molecule has 0 fully saturated rings. The van der Waals surface area contributed by atoms with Crippen LogP contribution in [0.5, 0.6) is 0 Å². The zero-order valence-corrected chi connectivity index (χ0v) is 8.66. The fourth-order valence-electron chi connectivity index (χ4n) is 1.52. The molecule has 74 valence electrons. The molecule has 1 aromatic carbocycles. The van der Waals surface area contributed by atoms with Gasteiger partial charge in [-0.2, -0.15) is 0 Å². The van der Waals surface area contributed by atoms with Gasteiger partial charge in [-0.15, -0.1) is 0 Å². The van der Waals surface area contributed by atoms with Crippen molar-refractivity contribution in [3.8, 4) is 0 Å². The van der Waals surface area contributed by atoms with Crippen LogP contribution >= 0.6 is 0 Å². The van der Waals surface area contributed by atoms with Gasteiger partial charge in [0, 0.05) is 0 Å². The molecule has 1 heterocycles. The Morgan fingerprint density at radius 1 is 1.21 bits per heavy atom. The number of benzene rings is 1. The lowest BCUT2D eigenvalue weighted by molar-refractivity contribution is -0.490. The molecule has 1 aliphatic heterocycles. The van der Waals surface area contributed by atoms with Crippen molar-refractivity contribution in [2.45, 2.75) is 20.0 Å². The largest absolute Gasteiger partial charge is 0.441 e. The minimum absolute atomic E-state index is 0.298. The van der Waals surface area contributed by atoms with Gasteiger partial charge in [0.1, 0.15) is 6.10 Å². The smallest absolute Gasteiger partial charge is 0.368 e. The maximum absolute atomic E-state index is 5.79. The SMILES string of the molecule is C[C@@H]1C[NH+]=C(c2ccccc2)O[C@H]1C. The third-order valence-corrected chi connectivity index (χ3v) is 2.73. The number of rotatable bonds is 1. The molecule has 0 aliphatic carbocycles. The van der Waals surface area contributed by atoms with E-state index in [1.165, 1.54) is 0 Å². The molecule has 1 N–H and O–H groups in total. The van der Waals surface area contributed by atoms with E-state index >= 15 is 0 Å². The highest BCUT2D eigenvalue weighted by Crippen LogP contribution is 2.10. The van der Waals surface area contributed by atoms with Crippen LogP contribution in [0.15, 0.2) is 30.3 Å². The van der Waals surface area contributed by atoms with Crippen LogP contribution < -0.4 is 4.99 Å². The predicted octanol–water partition coefficient (Wildman–Crippen LogP) is 0.569. The Labute approximate surface area is 84.6 Å². The van der Waals surface area contributed by atoms with Gasteiger partial charge >= 0.3 is 5.90 Å². The summed E-state index contributed by atoms with van der Waals surface area (Å²) < 4.78 is 5.79. The Bertz CT molecular complexity index is 331. The first kappa shape index (κ1) is 9.25. The van der Waals surface area contributed by atoms with E-state index in [0.717, 1.165) is 18.0 Å². The zero-order valence-electron chi connectivity index (χ0n) is 8.66. The summed E-state index contributed by atoms with van der Waals surface area (Å²) in [5.74, 6) is 1.48. The van der Waals surface area contributed by atoms with Gasteiger partial charge < -0.3 is 4.74 Å². The van der Waals surface area contributed by atoms with Crippen molar-refractivity contribution >= 4 is 5.90 Å². The van der Waals surface area contributed by atoms with Crippen LogP contribution in [0.4, 0.5) is 0 Å².